The minimum absolute atomic E-state index is 0.00287. The van der Waals surface area contributed by atoms with Crippen molar-refractivity contribution in [1.82, 2.24) is 9.55 Å². The molecule has 0 bridgehead atoms. The van der Waals surface area contributed by atoms with Crippen LogP contribution in [0.25, 0.3) is 11.0 Å². The zero-order valence-corrected chi connectivity index (χ0v) is 11.9. The lowest BCUT2D eigenvalue weighted by molar-refractivity contribution is 0.0678. The Balaban J connectivity index is 2.08. The average molecular weight is 296 g/mol. The summed E-state index contributed by atoms with van der Waals surface area (Å²) in [6.07, 6.45) is -0.675. The van der Waals surface area contributed by atoms with Crippen LogP contribution in [0.3, 0.4) is 0 Å². The molecule has 21 heavy (non-hydrogen) atoms. The van der Waals surface area contributed by atoms with Gasteiger partial charge in [-0.2, -0.15) is 0 Å². The summed E-state index contributed by atoms with van der Waals surface area (Å²) in [6.45, 7) is 1.80. The maximum Gasteiger partial charge on any atom is 0.263 e. The quantitative estimate of drug-likeness (QED) is 0.866. The van der Waals surface area contributed by atoms with E-state index in [-0.39, 0.29) is 11.6 Å². The summed E-state index contributed by atoms with van der Waals surface area (Å²) in [5, 5.41) is 0. The van der Waals surface area contributed by atoms with E-state index in [2.05, 4.69) is 9.55 Å². The van der Waals surface area contributed by atoms with E-state index in [9.17, 15) is 8.78 Å². The lowest BCUT2D eigenvalue weighted by Crippen LogP contribution is -2.21. The topological polar surface area (TPSA) is 36.3 Å². The molecule has 0 aliphatic carbocycles. The monoisotopic (exact) mass is 296 g/mol. The molecule has 2 heterocycles. The summed E-state index contributed by atoms with van der Waals surface area (Å²) >= 11 is 0. The van der Waals surface area contributed by atoms with Crippen molar-refractivity contribution in [3.8, 4) is 0 Å². The molecule has 0 saturated carbocycles. The lowest BCUT2D eigenvalue weighted by Gasteiger charge is -2.25. The first-order chi connectivity index (χ1) is 10.2. The van der Waals surface area contributed by atoms with Crippen molar-refractivity contribution in [1.29, 1.82) is 0 Å². The Bertz CT molecular complexity index is 621. The number of aromatic nitrogens is 2. The number of halogens is 2. The first-order valence-corrected chi connectivity index (χ1v) is 7.06. The summed E-state index contributed by atoms with van der Waals surface area (Å²) < 4.78 is 38.4. The molecule has 1 aromatic carbocycles. The number of benzene rings is 1. The predicted octanol–water partition coefficient (Wildman–Crippen LogP) is 3.47. The van der Waals surface area contributed by atoms with Gasteiger partial charge in [-0.3, -0.25) is 0 Å². The van der Waals surface area contributed by atoms with E-state index in [1.165, 1.54) is 12.1 Å². The third kappa shape index (κ3) is 2.78. The van der Waals surface area contributed by atoms with Gasteiger partial charge in [-0.05, 0) is 25.0 Å². The van der Waals surface area contributed by atoms with Crippen LogP contribution in [0.1, 0.15) is 36.7 Å². The molecular formula is C15H18F2N2O2. The molecule has 0 radical (unpaired) electrons. The highest BCUT2D eigenvalue weighted by atomic mass is 19.3. The first-order valence-electron chi connectivity index (χ1n) is 7.06. The van der Waals surface area contributed by atoms with Gasteiger partial charge in [-0.1, -0.05) is 6.07 Å². The number of rotatable bonds is 4. The Labute approximate surface area is 121 Å². The molecule has 4 nitrogen and oxygen atoms in total. The van der Waals surface area contributed by atoms with E-state index in [1.807, 2.05) is 0 Å². The highest BCUT2D eigenvalue weighted by molar-refractivity contribution is 5.77. The van der Waals surface area contributed by atoms with Crippen molar-refractivity contribution in [2.24, 2.45) is 0 Å². The van der Waals surface area contributed by atoms with Crippen LogP contribution in [0.4, 0.5) is 8.78 Å². The largest absolute Gasteiger partial charge is 0.381 e. The fourth-order valence-corrected chi connectivity index (χ4v) is 2.88. The highest BCUT2D eigenvalue weighted by Gasteiger charge is 2.22. The number of imidazole rings is 1. The number of nitrogens with zero attached hydrogens (tertiary/aromatic N) is 2. The summed E-state index contributed by atoms with van der Waals surface area (Å²) in [4.78, 5) is 4.48. The van der Waals surface area contributed by atoms with Gasteiger partial charge in [0.25, 0.3) is 6.43 Å². The fraction of sp³-hybridized carbons (Fsp3) is 0.533. The van der Waals surface area contributed by atoms with Crippen LogP contribution >= 0.6 is 0 Å². The average Bonchev–Trinajstić information content (AvgIpc) is 2.85. The molecule has 1 aliphatic heterocycles. The zero-order valence-electron chi connectivity index (χ0n) is 11.9. The molecule has 0 N–H and O–H groups in total. The van der Waals surface area contributed by atoms with Gasteiger partial charge in [0.1, 0.15) is 12.4 Å². The SMILES string of the molecule is COCc1nc2cc(C(F)F)ccc2n1C1CCOCC1. The van der Waals surface area contributed by atoms with Crippen molar-refractivity contribution < 1.29 is 18.3 Å². The smallest absolute Gasteiger partial charge is 0.263 e. The molecule has 2 aromatic rings. The molecule has 0 atom stereocenters. The van der Waals surface area contributed by atoms with Gasteiger partial charge in [-0.25, -0.2) is 13.8 Å². The Morgan fingerprint density at radius 3 is 2.81 bits per heavy atom. The summed E-state index contributed by atoms with van der Waals surface area (Å²) in [7, 11) is 1.61. The second-order valence-corrected chi connectivity index (χ2v) is 5.22. The Hall–Kier alpha value is -1.53. The van der Waals surface area contributed by atoms with Gasteiger partial charge < -0.3 is 14.0 Å². The van der Waals surface area contributed by atoms with E-state index in [4.69, 9.17) is 9.47 Å². The third-order valence-electron chi connectivity index (χ3n) is 3.87. The maximum absolute atomic E-state index is 12.8. The van der Waals surface area contributed by atoms with Crippen LogP contribution < -0.4 is 0 Å². The zero-order chi connectivity index (χ0) is 14.8. The fourth-order valence-electron chi connectivity index (χ4n) is 2.88. The van der Waals surface area contributed by atoms with Gasteiger partial charge in [-0.15, -0.1) is 0 Å². The molecule has 0 amide bonds. The molecule has 3 rings (SSSR count). The third-order valence-corrected chi connectivity index (χ3v) is 3.87. The van der Waals surface area contributed by atoms with E-state index in [0.29, 0.717) is 25.3 Å². The van der Waals surface area contributed by atoms with E-state index >= 15 is 0 Å². The van der Waals surface area contributed by atoms with Gasteiger partial charge in [0.15, 0.2) is 0 Å². The molecule has 0 spiro atoms. The highest BCUT2D eigenvalue weighted by Crippen LogP contribution is 2.30. The Kier molecular flexibility index (Phi) is 4.17. The van der Waals surface area contributed by atoms with Gasteiger partial charge >= 0.3 is 0 Å². The summed E-state index contributed by atoms with van der Waals surface area (Å²) in [5.41, 5.74) is 1.49. The van der Waals surface area contributed by atoms with Crippen LogP contribution in [0.15, 0.2) is 18.2 Å². The number of hydrogen-bond acceptors (Lipinski definition) is 3. The summed E-state index contributed by atoms with van der Waals surface area (Å²) in [6, 6.07) is 4.96. The minimum Gasteiger partial charge on any atom is -0.381 e. The second-order valence-electron chi connectivity index (χ2n) is 5.22. The molecule has 1 aromatic heterocycles. The van der Waals surface area contributed by atoms with E-state index < -0.39 is 6.43 Å². The van der Waals surface area contributed by atoms with Crippen molar-refractivity contribution in [2.45, 2.75) is 31.9 Å². The first kappa shape index (κ1) is 14.4. The van der Waals surface area contributed by atoms with Gasteiger partial charge in [0.2, 0.25) is 0 Å². The number of alkyl halides is 2. The lowest BCUT2D eigenvalue weighted by atomic mass is 10.1. The molecule has 1 fully saturated rings. The van der Waals surface area contributed by atoms with Crippen LogP contribution in [-0.2, 0) is 16.1 Å². The Morgan fingerprint density at radius 2 is 2.14 bits per heavy atom. The standard InChI is InChI=1S/C15H18F2N2O2/c1-20-9-14-18-12-8-10(15(16)17)2-3-13(12)19(14)11-4-6-21-7-5-11/h2-3,8,11,15H,4-7,9H2,1H3. The minimum atomic E-state index is -2.48. The molecule has 1 aliphatic rings. The van der Waals surface area contributed by atoms with Crippen LogP contribution in [0, 0.1) is 0 Å². The molecule has 0 unspecified atom stereocenters. The van der Waals surface area contributed by atoms with Crippen molar-refractivity contribution in [3.63, 3.8) is 0 Å². The molecule has 114 valence electrons. The number of hydrogen-bond donors (Lipinski definition) is 0. The molecule has 6 heteroatoms. The van der Waals surface area contributed by atoms with Crippen molar-refractivity contribution in [3.05, 3.63) is 29.6 Å². The predicted molar refractivity (Wildman–Crippen MR) is 74.5 cm³/mol. The molecular weight excluding hydrogens is 278 g/mol. The van der Waals surface area contributed by atoms with Crippen LogP contribution in [0.5, 0.6) is 0 Å². The molecule has 1 saturated heterocycles. The van der Waals surface area contributed by atoms with E-state index in [0.717, 1.165) is 24.2 Å². The van der Waals surface area contributed by atoms with E-state index in [1.54, 1.807) is 13.2 Å². The number of methoxy groups -OCH3 is 1. The van der Waals surface area contributed by atoms with Crippen LogP contribution in [0.2, 0.25) is 0 Å². The number of fused-ring (bicyclic) bond motifs is 1. The van der Waals surface area contributed by atoms with Crippen LogP contribution in [-0.4, -0.2) is 29.9 Å². The van der Waals surface area contributed by atoms with Gasteiger partial charge in [0.05, 0.1) is 11.0 Å². The normalized spacial score (nSPS) is 17.0. The second kappa shape index (κ2) is 6.07. The summed E-state index contributed by atoms with van der Waals surface area (Å²) in [5.74, 6) is 0.783. The number of ether oxygens (including phenoxy) is 2. The Morgan fingerprint density at radius 1 is 1.38 bits per heavy atom. The maximum atomic E-state index is 12.8. The van der Waals surface area contributed by atoms with Crippen molar-refractivity contribution in [2.75, 3.05) is 20.3 Å². The van der Waals surface area contributed by atoms with Gasteiger partial charge in [0, 0.05) is 31.9 Å². The van der Waals surface area contributed by atoms with Crippen molar-refractivity contribution >= 4 is 11.0 Å².